The van der Waals surface area contributed by atoms with Crippen molar-refractivity contribution in [3.8, 4) is 0 Å². The molecule has 0 radical (unpaired) electrons. The molecule has 196 valence electrons. The predicted molar refractivity (Wildman–Crippen MR) is 153 cm³/mol. The molecule has 2 aromatic carbocycles. The number of amides is 1. The standard InChI is InChI=1S/C31H40N4O2/c1-3-21(2)28(19-26(36)10-6-4-5-9-15-32)31(37)35-24-14-13-22-16-25(34-30(22)18-24)17-23-20-33-29-12-8-7-11-27(23)29/h7-8,11-14,18,20-21,28,33H,3-6,9-10,15-17,19,32H2,1-2H3,(H,35,37)/t21-,28-/m0/s1. The smallest absolute Gasteiger partial charge is 0.228 e. The van der Waals surface area contributed by atoms with Crippen molar-refractivity contribution in [1.82, 2.24) is 4.98 Å². The van der Waals surface area contributed by atoms with Gasteiger partial charge in [0.05, 0.1) is 5.69 Å². The number of Topliss-reactive ketones (excluding diaryl/α,β-unsaturated/α-hetero) is 1. The number of H-pyrrole nitrogens is 1. The number of rotatable bonds is 14. The van der Waals surface area contributed by atoms with Crippen LogP contribution in [0.5, 0.6) is 0 Å². The Balaban J connectivity index is 1.37. The number of nitrogens with zero attached hydrogens (tertiary/aromatic N) is 1. The minimum atomic E-state index is -0.323. The molecule has 0 unspecified atom stereocenters. The lowest BCUT2D eigenvalue weighted by Crippen LogP contribution is -2.30. The Morgan fingerprint density at radius 2 is 1.92 bits per heavy atom. The van der Waals surface area contributed by atoms with Crippen LogP contribution in [0.15, 0.2) is 53.7 Å². The SMILES string of the molecule is CC[C@H](C)[C@H](CC(=O)CCCCCCN)C(=O)Nc1ccc2c(c1)N=C(Cc1c[nH]c3ccccc13)C2. The van der Waals surface area contributed by atoms with E-state index in [4.69, 9.17) is 10.7 Å². The molecule has 6 heteroatoms. The summed E-state index contributed by atoms with van der Waals surface area (Å²) in [4.78, 5) is 34.1. The van der Waals surface area contributed by atoms with Crippen molar-refractivity contribution < 1.29 is 9.59 Å². The number of nitrogens with one attached hydrogen (secondary N) is 2. The molecular weight excluding hydrogens is 460 g/mol. The molecule has 0 aliphatic carbocycles. The van der Waals surface area contributed by atoms with Crippen molar-refractivity contribution in [1.29, 1.82) is 0 Å². The Morgan fingerprint density at radius 1 is 1.11 bits per heavy atom. The molecule has 1 aromatic heterocycles. The Labute approximate surface area is 220 Å². The third kappa shape index (κ3) is 6.95. The number of hydrogen-bond donors (Lipinski definition) is 3. The first-order valence-electron chi connectivity index (χ1n) is 13.8. The number of anilines is 1. The molecule has 1 aliphatic heterocycles. The second-order valence-electron chi connectivity index (χ2n) is 10.4. The zero-order valence-corrected chi connectivity index (χ0v) is 22.2. The average Bonchev–Trinajstić information content (AvgIpc) is 3.50. The Hall–Kier alpha value is -3.25. The van der Waals surface area contributed by atoms with E-state index in [1.807, 2.05) is 18.2 Å². The summed E-state index contributed by atoms with van der Waals surface area (Å²) >= 11 is 0. The quantitative estimate of drug-likeness (QED) is 0.220. The number of fused-ring (bicyclic) bond motifs is 2. The number of carbonyl (C=O) groups is 2. The van der Waals surface area contributed by atoms with Gasteiger partial charge in [0.25, 0.3) is 0 Å². The Morgan fingerprint density at radius 3 is 2.73 bits per heavy atom. The van der Waals surface area contributed by atoms with Gasteiger partial charge >= 0.3 is 0 Å². The van der Waals surface area contributed by atoms with Crippen molar-refractivity contribution in [2.45, 2.75) is 71.6 Å². The predicted octanol–water partition coefficient (Wildman–Crippen LogP) is 6.51. The summed E-state index contributed by atoms with van der Waals surface area (Å²) in [5.41, 5.74) is 11.9. The third-order valence-electron chi connectivity index (χ3n) is 7.62. The summed E-state index contributed by atoms with van der Waals surface area (Å²) in [5, 5.41) is 4.31. The van der Waals surface area contributed by atoms with Crippen molar-refractivity contribution in [3.63, 3.8) is 0 Å². The van der Waals surface area contributed by atoms with E-state index in [-0.39, 0.29) is 23.5 Å². The molecule has 1 amide bonds. The number of unbranched alkanes of at least 4 members (excludes halogenated alkanes) is 3. The van der Waals surface area contributed by atoms with Gasteiger partial charge < -0.3 is 16.0 Å². The Bertz CT molecular complexity index is 1260. The fourth-order valence-corrected chi connectivity index (χ4v) is 5.16. The fraction of sp³-hybridized carbons (Fsp3) is 0.452. The monoisotopic (exact) mass is 500 g/mol. The van der Waals surface area contributed by atoms with E-state index in [1.54, 1.807) is 0 Å². The van der Waals surface area contributed by atoms with Crippen LogP contribution >= 0.6 is 0 Å². The number of hydrogen-bond acceptors (Lipinski definition) is 4. The van der Waals surface area contributed by atoms with E-state index in [1.165, 1.54) is 16.5 Å². The molecule has 0 spiro atoms. The number of carbonyl (C=O) groups excluding carboxylic acids is 2. The summed E-state index contributed by atoms with van der Waals surface area (Å²) in [6.45, 7) is 4.83. The summed E-state index contributed by atoms with van der Waals surface area (Å²) in [6, 6.07) is 14.3. The first kappa shape index (κ1) is 26.8. The summed E-state index contributed by atoms with van der Waals surface area (Å²) in [7, 11) is 0. The van der Waals surface area contributed by atoms with Gasteiger partial charge in [-0.3, -0.25) is 14.6 Å². The molecule has 1 aliphatic rings. The minimum Gasteiger partial charge on any atom is -0.361 e. The van der Waals surface area contributed by atoms with Crippen LogP contribution in [0.3, 0.4) is 0 Å². The highest BCUT2D eigenvalue weighted by Gasteiger charge is 2.27. The second kappa shape index (κ2) is 12.8. The maximum Gasteiger partial charge on any atom is 0.228 e. The van der Waals surface area contributed by atoms with E-state index >= 15 is 0 Å². The molecule has 0 saturated heterocycles. The molecule has 0 saturated carbocycles. The van der Waals surface area contributed by atoms with Crippen LogP contribution in [0.4, 0.5) is 11.4 Å². The maximum atomic E-state index is 13.2. The van der Waals surface area contributed by atoms with Gasteiger partial charge in [0.1, 0.15) is 5.78 Å². The van der Waals surface area contributed by atoms with E-state index in [0.717, 1.165) is 67.5 Å². The van der Waals surface area contributed by atoms with E-state index in [2.05, 4.69) is 54.6 Å². The molecule has 37 heavy (non-hydrogen) atoms. The summed E-state index contributed by atoms with van der Waals surface area (Å²) in [5.74, 6) is -0.0902. The van der Waals surface area contributed by atoms with Gasteiger partial charge in [0.2, 0.25) is 5.91 Å². The molecule has 3 aromatic rings. The molecule has 4 rings (SSSR count). The molecule has 0 fully saturated rings. The zero-order valence-electron chi connectivity index (χ0n) is 22.2. The molecule has 0 bridgehead atoms. The normalized spacial score (nSPS) is 14.3. The lowest BCUT2D eigenvalue weighted by molar-refractivity contribution is -0.127. The fourth-order valence-electron chi connectivity index (χ4n) is 5.16. The molecular formula is C31H40N4O2. The van der Waals surface area contributed by atoms with Crippen LogP contribution in [0.2, 0.25) is 0 Å². The van der Waals surface area contributed by atoms with Crippen LogP contribution in [-0.2, 0) is 22.4 Å². The van der Waals surface area contributed by atoms with Gasteiger partial charge in [0, 0.05) is 60.1 Å². The van der Waals surface area contributed by atoms with Gasteiger partial charge in [0.15, 0.2) is 0 Å². The number of benzene rings is 2. The highest BCUT2D eigenvalue weighted by Crippen LogP contribution is 2.32. The minimum absolute atomic E-state index is 0.0771. The first-order chi connectivity index (χ1) is 18.0. The average molecular weight is 501 g/mol. The molecule has 2 heterocycles. The second-order valence-corrected chi connectivity index (χ2v) is 10.4. The van der Waals surface area contributed by atoms with E-state index in [0.29, 0.717) is 19.4 Å². The number of para-hydroxylation sites is 1. The summed E-state index contributed by atoms with van der Waals surface area (Å²) in [6.07, 6.45) is 9.32. The van der Waals surface area contributed by atoms with E-state index in [9.17, 15) is 9.59 Å². The number of aromatic nitrogens is 1. The maximum absolute atomic E-state index is 13.2. The van der Waals surface area contributed by atoms with Gasteiger partial charge in [-0.05, 0) is 54.6 Å². The highest BCUT2D eigenvalue weighted by atomic mass is 16.2. The largest absolute Gasteiger partial charge is 0.361 e. The first-order valence-corrected chi connectivity index (χ1v) is 13.8. The van der Waals surface area contributed by atoms with Gasteiger partial charge in [-0.2, -0.15) is 0 Å². The Kier molecular flexibility index (Phi) is 9.29. The summed E-state index contributed by atoms with van der Waals surface area (Å²) < 4.78 is 0. The number of aliphatic imine (C=N–C) groups is 1. The molecule has 2 atom stereocenters. The van der Waals surface area contributed by atoms with Crippen molar-refractivity contribution in [2.24, 2.45) is 22.6 Å². The van der Waals surface area contributed by atoms with Crippen LogP contribution < -0.4 is 11.1 Å². The van der Waals surface area contributed by atoms with Crippen LogP contribution in [-0.4, -0.2) is 28.9 Å². The van der Waals surface area contributed by atoms with Gasteiger partial charge in [-0.1, -0.05) is 57.4 Å². The number of nitrogens with two attached hydrogens (primary N) is 1. The highest BCUT2D eigenvalue weighted by molar-refractivity contribution is 6.00. The van der Waals surface area contributed by atoms with Crippen molar-refractivity contribution in [3.05, 3.63) is 59.8 Å². The van der Waals surface area contributed by atoms with E-state index < -0.39 is 0 Å². The number of ketones is 1. The van der Waals surface area contributed by atoms with Gasteiger partial charge in [-0.15, -0.1) is 0 Å². The van der Waals surface area contributed by atoms with Gasteiger partial charge in [-0.25, -0.2) is 0 Å². The van der Waals surface area contributed by atoms with Crippen LogP contribution in [0.25, 0.3) is 10.9 Å². The molecule has 6 nitrogen and oxygen atoms in total. The van der Waals surface area contributed by atoms with Crippen molar-refractivity contribution in [2.75, 3.05) is 11.9 Å². The lowest BCUT2D eigenvalue weighted by Gasteiger charge is -2.22. The van der Waals surface area contributed by atoms with Crippen molar-refractivity contribution >= 4 is 39.7 Å². The number of aromatic amines is 1. The third-order valence-corrected chi connectivity index (χ3v) is 7.62. The van der Waals surface area contributed by atoms with Crippen LogP contribution in [0.1, 0.15) is 69.9 Å². The topological polar surface area (TPSA) is 100 Å². The van der Waals surface area contributed by atoms with Crippen LogP contribution in [0, 0.1) is 11.8 Å². The lowest BCUT2D eigenvalue weighted by atomic mass is 9.85. The zero-order chi connectivity index (χ0) is 26.2. The molecule has 4 N–H and O–H groups in total.